The van der Waals surface area contributed by atoms with Gasteiger partial charge in [-0.1, -0.05) is 12.1 Å². The molecule has 0 radical (unpaired) electrons. The number of hydrogen-bond acceptors (Lipinski definition) is 3. The van der Waals surface area contributed by atoms with Crippen molar-refractivity contribution < 1.29 is 13.9 Å². The molecule has 2 aromatic rings. The predicted octanol–water partition coefficient (Wildman–Crippen LogP) is 3.56. The van der Waals surface area contributed by atoms with Gasteiger partial charge in [0, 0.05) is 11.3 Å². The van der Waals surface area contributed by atoms with Crippen molar-refractivity contribution in [3.63, 3.8) is 0 Å². The molecule has 22 heavy (non-hydrogen) atoms. The Morgan fingerprint density at radius 2 is 1.86 bits per heavy atom. The Hall–Kier alpha value is -2.56. The number of benzene rings is 2. The number of rotatable bonds is 2. The Kier molecular flexibility index (Phi) is 2.66. The fraction of sp³-hybridized carbons (Fsp3) is 0.235. The molecule has 1 aliphatic carbocycles. The Labute approximate surface area is 127 Å². The van der Waals surface area contributed by atoms with E-state index < -0.39 is 6.09 Å². The maximum Gasteiger partial charge on any atom is 0.415 e. The van der Waals surface area contributed by atoms with E-state index in [9.17, 15) is 9.18 Å². The second-order valence-corrected chi connectivity index (χ2v) is 5.92. The Morgan fingerprint density at radius 1 is 1.14 bits per heavy atom. The number of hydrogen-bond donors (Lipinski definition) is 1. The molecule has 2 aromatic carbocycles. The van der Waals surface area contributed by atoms with E-state index in [1.165, 1.54) is 11.0 Å². The summed E-state index contributed by atoms with van der Waals surface area (Å²) in [4.78, 5) is 13.4. The van der Waals surface area contributed by atoms with Crippen LogP contribution in [0.25, 0.3) is 11.1 Å². The van der Waals surface area contributed by atoms with Crippen molar-refractivity contribution in [3.05, 3.63) is 48.3 Å². The van der Waals surface area contributed by atoms with Crippen LogP contribution < -0.4 is 10.6 Å². The maximum absolute atomic E-state index is 14.4. The monoisotopic (exact) mass is 298 g/mol. The first-order valence-electron chi connectivity index (χ1n) is 7.22. The summed E-state index contributed by atoms with van der Waals surface area (Å²) < 4.78 is 19.8. The van der Waals surface area contributed by atoms with Crippen LogP contribution in [-0.4, -0.2) is 18.2 Å². The first kappa shape index (κ1) is 13.1. The molecule has 2 N–H and O–H groups in total. The minimum Gasteiger partial charge on any atom is -0.441 e. The third-order valence-corrected chi connectivity index (χ3v) is 4.26. The molecular formula is C17H15FN2O2. The second-order valence-electron chi connectivity index (χ2n) is 5.92. The van der Waals surface area contributed by atoms with Crippen LogP contribution in [0.1, 0.15) is 12.8 Å². The van der Waals surface area contributed by atoms with E-state index in [0.29, 0.717) is 23.5 Å². The molecule has 0 atom stereocenters. The third-order valence-electron chi connectivity index (χ3n) is 4.26. The topological polar surface area (TPSA) is 55.6 Å². The summed E-state index contributed by atoms with van der Waals surface area (Å²) in [5.74, 6) is -0.369. The maximum atomic E-state index is 14.4. The number of amides is 1. The summed E-state index contributed by atoms with van der Waals surface area (Å²) in [5.41, 5.74) is 7.73. The summed E-state index contributed by atoms with van der Waals surface area (Å²) in [6, 6.07) is 11.8. The number of carbonyl (C=O) groups excluding carboxylic acids is 1. The summed E-state index contributed by atoms with van der Waals surface area (Å²) >= 11 is 0. The molecular weight excluding hydrogens is 283 g/mol. The smallest absolute Gasteiger partial charge is 0.415 e. The van der Waals surface area contributed by atoms with Crippen LogP contribution in [-0.2, 0) is 4.74 Å². The highest BCUT2D eigenvalue weighted by molar-refractivity contribution is 5.91. The van der Waals surface area contributed by atoms with E-state index in [2.05, 4.69) is 0 Å². The quantitative estimate of drug-likeness (QED) is 0.862. The zero-order valence-electron chi connectivity index (χ0n) is 11.9. The number of anilines is 2. The second kappa shape index (κ2) is 4.47. The van der Waals surface area contributed by atoms with Gasteiger partial charge in [0.15, 0.2) is 0 Å². The van der Waals surface area contributed by atoms with Gasteiger partial charge in [0.1, 0.15) is 11.4 Å². The number of nitrogen functional groups attached to an aromatic ring is 1. The lowest BCUT2D eigenvalue weighted by Gasteiger charge is -2.14. The zero-order valence-corrected chi connectivity index (χ0v) is 11.9. The Morgan fingerprint density at radius 3 is 2.45 bits per heavy atom. The van der Waals surface area contributed by atoms with E-state index >= 15 is 0 Å². The largest absolute Gasteiger partial charge is 0.441 e. The van der Waals surface area contributed by atoms with E-state index in [1.54, 1.807) is 36.4 Å². The normalized spacial score (nSPS) is 18.6. The average molecular weight is 298 g/mol. The van der Waals surface area contributed by atoms with Crippen LogP contribution in [0, 0.1) is 5.82 Å². The first-order chi connectivity index (χ1) is 10.6. The molecule has 1 amide bonds. The fourth-order valence-electron chi connectivity index (χ4n) is 2.79. The third kappa shape index (κ3) is 2.09. The van der Waals surface area contributed by atoms with Crippen molar-refractivity contribution in [1.29, 1.82) is 0 Å². The van der Waals surface area contributed by atoms with Crippen LogP contribution in [0.2, 0.25) is 0 Å². The number of carbonyl (C=O) groups is 1. The molecule has 5 heteroatoms. The van der Waals surface area contributed by atoms with Crippen LogP contribution in [0.15, 0.2) is 42.5 Å². The molecule has 2 aliphatic rings. The molecule has 1 aliphatic heterocycles. The SMILES string of the molecule is Nc1ccc(-c2ccc(N3CC4(CC4)OC3=O)cc2F)cc1. The molecule has 1 spiro atoms. The summed E-state index contributed by atoms with van der Waals surface area (Å²) in [6.45, 7) is 0.506. The minimum absolute atomic E-state index is 0.316. The van der Waals surface area contributed by atoms with Gasteiger partial charge in [0.05, 0.1) is 12.2 Å². The van der Waals surface area contributed by atoms with Gasteiger partial charge in [0.25, 0.3) is 0 Å². The lowest BCUT2D eigenvalue weighted by atomic mass is 10.0. The van der Waals surface area contributed by atoms with Gasteiger partial charge in [-0.3, -0.25) is 4.90 Å². The number of nitrogens with two attached hydrogens (primary N) is 1. The highest BCUT2D eigenvalue weighted by Crippen LogP contribution is 2.45. The molecule has 1 saturated carbocycles. The van der Waals surface area contributed by atoms with Gasteiger partial charge >= 0.3 is 6.09 Å². The lowest BCUT2D eigenvalue weighted by Crippen LogP contribution is -2.24. The van der Waals surface area contributed by atoms with Gasteiger partial charge < -0.3 is 10.5 Å². The van der Waals surface area contributed by atoms with Gasteiger partial charge in [-0.05, 0) is 48.7 Å². The average Bonchev–Trinajstić information content (AvgIpc) is 3.16. The summed E-state index contributed by atoms with van der Waals surface area (Å²) in [5, 5.41) is 0. The van der Waals surface area contributed by atoms with Gasteiger partial charge in [0.2, 0.25) is 0 Å². The Balaban J connectivity index is 1.65. The molecule has 1 saturated heterocycles. The highest BCUT2D eigenvalue weighted by atomic mass is 19.1. The first-order valence-corrected chi connectivity index (χ1v) is 7.22. The molecule has 0 unspecified atom stereocenters. The molecule has 4 nitrogen and oxygen atoms in total. The minimum atomic E-state index is -0.392. The Bertz CT molecular complexity index is 754. The zero-order chi connectivity index (χ0) is 15.3. The summed E-state index contributed by atoms with van der Waals surface area (Å²) in [7, 11) is 0. The van der Waals surface area contributed by atoms with Crippen molar-refractivity contribution in [3.8, 4) is 11.1 Å². The van der Waals surface area contributed by atoms with Gasteiger partial charge in [-0.25, -0.2) is 9.18 Å². The van der Waals surface area contributed by atoms with Crippen molar-refractivity contribution in [2.24, 2.45) is 0 Å². The van der Waals surface area contributed by atoms with Crippen molar-refractivity contribution in [1.82, 2.24) is 0 Å². The standard InChI is InChI=1S/C17H15FN2O2/c18-15-9-13(20-10-17(7-8-17)22-16(20)21)5-6-14(15)11-1-3-12(19)4-2-11/h1-6,9H,7-8,10,19H2. The molecule has 4 rings (SSSR count). The number of halogens is 1. The fourth-order valence-corrected chi connectivity index (χ4v) is 2.79. The van der Waals surface area contributed by atoms with Crippen molar-refractivity contribution in [2.75, 3.05) is 17.2 Å². The lowest BCUT2D eigenvalue weighted by molar-refractivity contribution is 0.129. The van der Waals surface area contributed by atoms with Gasteiger partial charge in [-0.2, -0.15) is 0 Å². The predicted molar refractivity (Wildman–Crippen MR) is 82.0 cm³/mol. The number of ether oxygens (including phenoxy) is 1. The molecule has 2 fully saturated rings. The van der Waals surface area contributed by atoms with Crippen LogP contribution >= 0.6 is 0 Å². The van der Waals surface area contributed by atoms with E-state index in [0.717, 1.165) is 18.4 Å². The van der Waals surface area contributed by atoms with Crippen molar-refractivity contribution in [2.45, 2.75) is 18.4 Å². The number of nitrogens with zero attached hydrogens (tertiary/aromatic N) is 1. The molecule has 0 bridgehead atoms. The van der Waals surface area contributed by atoms with Gasteiger partial charge in [-0.15, -0.1) is 0 Å². The van der Waals surface area contributed by atoms with Crippen LogP contribution in [0.3, 0.4) is 0 Å². The molecule has 1 heterocycles. The van der Waals surface area contributed by atoms with E-state index in [4.69, 9.17) is 10.5 Å². The molecule has 112 valence electrons. The van der Waals surface area contributed by atoms with E-state index in [1.807, 2.05) is 0 Å². The molecule has 0 aromatic heterocycles. The van der Waals surface area contributed by atoms with Crippen LogP contribution in [0.4, 0.5) is 20.6 Å². The highest BCUT2D eigenvalue weighted by Gasteiger charge is 2.54. The van der Waals surface area contributed by atoms with Crippen molar-refractivity contribution >= 4 is 17.5 Å². The van der Waals surface area contributed by atoms with E-state index in [-0.39, 0.29) is 11.4 Å². The summed E-state index contributed by atoms with van der Waals surface area (Å²) in [6.07, 6.45) is 1.39. The van der Waals surface area contributed by atoms with Crippen LogP contribution in [0.5, 0.6) is 0 Å².